The quantitative estimate of drug-likeness (QED) is 0.840. The Bertz CT molecular complexity index is 784. The molecule has 1 aromatic heterocycles. The molecule has 0 aliphatic heterocycles. The van der Waals surface area contributed by atoms with E-state index in [1.165, 1.54) is 24.3 Å². The minimum absolute atomic E-state index is 0.0553. The number of carboxylic acid groups (broad SMARTS) is 1. The van der Waals surface area contributed by atoms with Gasteiger partial charge in [0.15, 0.2) is 0 Å². The monoisotopic (exact) mass is 343 g/mol. The predicted octanol–water partition coefficient (Wildman–Crippen LogP) is 2.74. The highest BCUT2D eigenvalue weighted by Crippen LogP contribution is 2.25. The van der Waals surface area contributed by atoms with E-state index in [1.54, 1.807) is 19.1 Å². The third kappa shape index (κ3) is 3.88. The van der Waals surface area contributed by atoms with Gasteiger partial charge in [0.2, 0.25) is 10.0 Å². The van der Waals surface area contributed by atoms with Crippen LogP contribution in [-0.4, -0.2) is 19.5 Å². The molecule has 0 radical (unpaired) electrons. The van der Waals surface area contributed by atoms with Crippen molar-refractivity contribution >= 4 is 27.6 Å². The highest BCUT2D eigenvalue weighted by molar-refractivity contribution is 7.89. The molecule has 0 saturated heterocycles. The maximum atomic E-state index is 12.4. The molecule has 0 saturated carbocycles. The van der Waals surface area contributed by atoms with Gasteiger partial charge in [-0.05, 0) is 31.2 Å². The first-order valence-corrected chi connectivity index (χ1v) is 8.20. The fourth-order valence-electron chi connectivity index (χ4n) is 1.93. The van der Waals surface area contributed by atoms with Crippen LogP contribution in [0.2, 0.25) is 5.02 Å². The lowest BCUT2D eigenvalue weighted by Crippen LogP contribution is -2.30. The number of hydrogen-bond donors (Lipinski definition) is 2. The molecule has 0 fully saturated rings. The number of hydrogen-bond acceptors (Lipinski definition) is 4. The van der Waals surface area contributed by atoms with Crippen LogP contribution in [-0.2, 0) is 14.8 Å². The molecule has 22 heavy (non-hydrogen) atoms. The van der Waals surface area contributed by atoms with E-state index in [0.29, 0.717) is 5.76 Å². The zero-order valence-electron chi connectivity index (χ0n) is 11.6. The smallest absolute Gasteiger partial charge is 0.305 e. The number of halogens is 1. The van der Waals surface area contributed by atoms with Crippen LogP contribution in [0.5, 0.6) is 0 Å². The first-order valence-electron chi connectivity index (χ1n) is 6.34. The fourth-order valence-corrected chi connectivity index (χ4v) is 3.65. The number of furan rings is 1. The molecule has 0 aliphatic carbocycles. The first kappa shape index (κ1) is 16.5. The summed E-state index contributed by atoms with van der Waals surface area (Å²) in [4.78, 5) is 10.9. The Morgan fingerprint density at radius 2 is 2.00 bits per heavy atom. The molecule has 1 unspecified atom stereocenters. The van der Waals surface area contributed by atoms with Crippen LogP contribution in [0.25, 0.3) is 0 Å². The van der Waals surface area contributed by atoms with Crippen LogP contribution >= 0.6 is 11.6 Å². The van der Waals surface area contributed by atoms with Crippen molar-refractivity contribution in [1.29, 1.82) is 0 Å². The van der Waals surface area contributed by atoms with Crippen molar-refractivity contribution in [1.82, 2.24) is 4.72 Å². The van der Waals surface area contributed by atoms with Crippen LogP contribution in [0.3, 0.4) is 0 Å². The maximum Gasteiger partial charge on any atom is 0.305 e. The summed E-state index contributed by atoms with van der Waals surface area (Å²) < 4.78 is 32.4. The van der Waals surface area contributed by atoms with Crippen LogP contribution < -0.4 is 4.72 Å². The Labute approximate surface area is 132 Å². The van der Waals surface area contributed by atoms with Crippen molar-refractivity contribution < 1.29 is 22.7 Å². The molecule has 118 valence electrons. The Morgan fingerprint density at radius 3 is 2.55 bits per heavy atom. The van der Waals surface area contributed by atoms with Gasteiger partial charge in [-0.1, -0.05) is 23.7 Å². The van der Waals surface area contributed by atoms with Gasteiger partial charge in [0, 0.05) is 0 Å². The van der Waals surface area contributed by atoms with Gasteiger partial charge in [-0.25, -0.2) is 8.42 Å². The van der Waals surface area contributed by atoms with Gasteiger partial charge in [-0.15, -0.1) is 0 Å². The molecule has 0 aliphatic rings. The number of carbonyl (C=O) groups is 1. The maximum absolute atomic E-state index is 12.4. The molecule has 2 rings (SSSR count). The number of benzene rings is 1. The highest BCUT2D eigenvalue weighted by atomic mass is 35.5. The predicted molar refractivity (Wildman–Crippen MR) is 80.2 cm³/mol. The SMILES string of the molecule is Cc1ccc(C(CC(=O)O)NS(=O)(=O)c2ccccc2Cl)o1. The third-order valence-corrected chi connectivity index (χ3v) is 4.88. The van der Waals surface area contributed by atoms with E-state index in [0.717, 1.165) is 0 Å². The van der Waals surface area contributed by atoms with Gasteiger partial charge in [0.1, 0.15) is 16.4 Å². The number of aryl methyl sites for hydroxylation is 1. The lowest BCUT2D eigenvalue weighted by molar-refractivity contribution is -0.137. The molecule has 1 atom stereocenters. The van der Waals surface area contributed by atoms with E-state index in [4.69, 9.17) is 21.1 Å². The minimum atomic E-state index is -3.98. The fraction of sp³-hybridized carbons (Fsp3) is 0.214. The lowest BCUT2D eigenvalue weighted by atomic mass is 10.2. The van der Waals surface area contributed by atoms with E-state index in [9.17, 15) is 13.2 Å². The molecule has 0 bridgehead atoms. The molecule has 1 heterocycles. The lowest BCUT2D eigenvalue weighted by Gasteiger charge is -2.15. The van der Waals surface area contributed by atoms with E-state index >= 15 is 0 Å². The molecule has 2 N–H and O–H groups in total. The third-order valence-electron chi connectivity index (χ3n) is 2.91. The average molecular weight is 344 g/mol. The van der Waals surface area contributed by atoms with Gasteiger partial charge in [-0.2, -0.15) is 4.72 Å². The largest absolute Gasteiger partial charge is 0.481 e. The number of aliphatic carboxylic acids is 1. The van der Waals surface area contributed by atoms with Crippen LogP contribution in [0.1, 0.15) is 24.0 Å². The summed E-state index contributed by atoms with van der Waals surface area (Å²) in [5.41, 5.74) is 0. The highest BCUT2D eigenvalue weighted by Gasteiger charge is 2.27. The summed E-state index contributed by atoms with van der Waals surface area (Å²) in [7, 11) is -3.98. The molecule has 0 amide bonds. The van der Waals surface area contributed by atoms with Gasteiger partial charge in [0.25, 0.3) is 0 Å². The molecular weight excluding hydrogens is 330 g/mol. The summed E-state index contributed by atoms with van der Waals surface area (Å²) in [6, 6.07) is 8.07. The van der Waals surface area contributed by atoms with Crippen molar-refractivity contribution in [2.24, 2.45) is 0 Å². The van der Waals surface area contributed by atoms with E-state index in [2.05, 4.69) is 4.72 Å². The number of nitrogens with one attached hydrogen (secondary N) is 1. The normalized spacial score (nSPS) is 13.0. The topological polar surface area (TPSA) is 96.6 Å². The molecule has 0 spiro atoms. The van der Waals surface area contributed by atoms with E-state index < -0.39 is 28.5 Å². The second kappa shape index (κ2) is 6.51. The van der Waals surface area contributed by atoms with Gasteiger partial charge < -0.3 is 9.52 Å². The average Bonchev–Trinajstić information content (AvgIpc) is 2.84. The number of sulfonamides is 1. The van der Waals surface area contributed by atoms with E-state index in [-0.39, 0.29) is 15.7 Å². The summed E-state index contributed by atoms with van der Waals surface area (Å²) in [5, 5.41) is 9.03. The molecule has 2 aromatic rings. The number of carboxylic acids is 1. The first-order chi connectivity index (χ1) is 10.3. The Hall–Kier alpha value is -1.83. The Morgan fingerprint density at radius 1 is 1.32 bits per heavy atom. The van der Waals surface area contributed by atoms with Crippen molar-refractivity contribution in [2.45, 2.75) is 24.3 Å². The van der Waals surface area contributed by atoms with E-state index in [1.807, 2.05) is 0 Å². The van der Waals surface area contributed by atoms with Crippen molar-refractivity contribution in [3.8, 4) is 0 Å². The van der Waals surface area contributed by atoms with Crippen LogP contribution in [0.4, 0.5) is 0 Å². The summed E-state index contributed by atoms with van der Waals surface area (Å²) >= 11 is 5.89. The van der Waals surface area contributed by atoms with Crippen molar-refractivity contribution in [3.63, 3.8) is 0 Å². The molecular formula is C14H14ClNO5S. The van der Waals surface area contributed by atoms with Crippen molar-refractivity contribution in [3.05, 3.63) is 52.9 Å². The van der Waals surface area contributed by atoms with Crippen molar-refractivity contribution in [2.75, 3.05) is 0 Å². The van der Waals surface area contributed by atoms with Gasteiger partial charge in [-0.3, -0.25) is 4.79 Å². The van der Waals surface area contributed by atoms with Crippen LogP contribution in [0, 0.1) is 6.92 Å². The number of rotatable bonds is 6. The second-order valence-electron chi connectivity index (χ2n) is 4.65. The summed E-state index contributed by atoms with van der Waals surface area (Å²) in [6.45, 7) is 1.68. The Kier molecular flexibility index (Phi) is 4.90. The zero-order valence-corrected chi connectivity index (χ0v) is 13.2. The van der Waals surface area contributed by atoms with Crippen LogP contribution in [0.15, 0.2) is 45.7 Å². The Balaban J connectivity index is 2.34. The zero-order chi connectivity index (χ0) is 16.3. The van der Waals surface area contributed by atoms with Gasteiger partial charge in [0.05, 0.1) is 17.5 Å². The standard InChI is InChI=1S/C14H14ClNO5S/c1-9-6-7-12(21-9)11(8-14(17)18)16-22(19,20)13-5-3-2-4-10(13)15/h2-7,11,16H,8H2,1H3,(H,17,18). The minimum Gasteiger partial charge on any atom is -0.481 e. The summed E-state index contributed by atoms with van der Waals surface area (Å²) in [5.74, 6) is -0.362. The van der Waals surface area contributed by atoms with Gasteiger partial charge >= 0.3 is 5.97 Å². The summed E-state index contributed by atoms with van der Waals surface area (Å²) in [6.07, 6.45) is -0.448. The molecule has 6 nitrogen and oxygen atoms in total. The molecule has 1 aromatic carbocycles. The second-order valence-corrected chi connectivity index (χ2v) is 6.74. The molecule has 8 heteroatoms.